The van der Waals surface area contributed by atoms with E-state index in [4.69, 9.17) is 17.7 Å². The molecular weight excluding hydrogens is 897 g/mol. The molecule has 16 aromatic rings. The summed E-state index contributed by atoms with van der Waals surface area (Å²) in [6.07, 6.45) is 0.865. The summed E-state index contributed by atoms with van der Waals surface area (Å²) in [6.45, 7) is 4.30. The van der Waals surface area contributed by atoms with Crippen molar-refractivity contribution in [2.45, 2.75) is 20.3 Å². The zero-order valence-electron chi connectivity index (χ0n) is 39.9. The molecule has 0 saturated carbocycles. The maximum absolute atomic E-state index is 7.06. The Kier molecular flexibility index (Phi) is 8.27. The van der Waals surface area contributed by atoms with Crippen LogP contribution in [0, 0.1) is 6.92 Å². The molecule has 0 bridgehead atoms. The lowest BCUT2D eigenvalue weighted by molar-refractivity contribution is 0.662. The third kappa shape index (κ3) is 5.57. The summed E-state index contributed by atoms with van der Waals surface area (Å²) in [5.41, 5.74) is 14.8. The predicted octanol–water partition coefficient (Wildman–Crippen LogP) is 20.0. The van der Waals surface area contributed by atoms with Crippen LogP contribution in [0.4, 0.5) is 34.1 Å². The normalized spacial score (nSPS) is 12.3. The monoisotopic (exact) mass is 938 g/mol. The van der Waals surface area contributed by atoms with Crippen molar-refractivity contribution in [1.82, 2.24) is 0 Å². The number of fused-ring (bicyclic) bond motifs is 12. The predicted molar refractivity (Wildman–Crippen MR) is 303 cm³/mol. The fourth-order valence-corrected chi connectivity index (χ4v) is 12.2. The van der Waals surface area contributed by atoms with Crippen LogP contribution in [0.15, 0.2) is 224 Å². The van der Waals surface area contributed by atoms with Gasteiger partial charge in [0.05, 0.1) is 34.1 Å². The molecule has 73 heavy (non-hydrogen) atoms. The van der Waals surface area contributed by atoms with E-state index in [-0.39, 0.29) is 0 Å². The van der Waals surface area contributed by atoms with Gasteiger partial charge < -0.3 is 27.5 Å². The molecule has 0 aliphatic heterocycles. The summed E-state index contributed by atoms with van der Waals surface area (Å²) in [6, 6.07) is 73.6. The molecule has 0 saturated heterocycles. The standard InChI is InChI=1S/C67H42N2O4/c1-3-39-15-9-19-47-49-23-13-27-57(67(49)73-63(39)47)69(55-25-11-21-45-43-17-5-7-29-59(43)71-65(45)55)53-37-33-41-30-34-50-52(36-32-40-31-35-51(53)61(41)60(40)50)68(54-24-10-20-44-42-16-4-6-28-58(42)70-64(44)54)56-26-12-22-48-46-18-8-14-38(2)62(46)72-66(48)56/h4-37H,3H2,1-2H3. The van der Waals surface area contributed by atoms with Gasteiger partial charge >= 0.3 is 0 Å². The highest BCUT2D eigenvalue weighted by Gasteiger charge is 2.29. The van der Waals surface area contributed by atoms with Gasteiger partial charge in [0.15, 0.2) is 22.3 Å². The Labute approximate surface area is 417 Å². The second kappa shape index (κ2) is 15.0. The van der Waals surface area contributed by atoms with Crippen LogP contribution >= 0.6 is 0 Å². The molecule has 0 fully saturated rings. The van der Waals surface area contributed by atoms with Crippen molar-refractivity contribution >= 4 is 154 Å². The number of hydrogen-bond acceptors (Lipinski definition) is 6. The largest absolute Gasteiger partial charge is 0.454 e. The summed E-state index contributed by atoms with van der Waals surface area (Å²) in [4.78, 5) is 4.73. The van der Waals surface area contributed by atoms with Crippen LogP contribution in [0.3, 0.4) is 0 Å². The van der Waals surface area contributed by atoms with Crippen LogP contribution in [-0.4, -0.2) is 0 Å². The van der Waals surface area contributed by atoms with E-state index in [1.54, 1.807) is 0 Å². The second-order valence-electron chi connectivity index (χ2n) is 19.4. The molecule has 0 amide bonds. The van der Waals surface area contributed by atoms with Gasteiger partial charge in [0.25, 0.3) is 0 Å². The van der Waals surface area contributed by atoms with Crippen LogP contribution in [0.5, 0.6) is 0 Å². The molecule has 0 aliphatic carbocycles. The smallest absolute Gasteiger partial charge is 0.159 e. The average molecular weight is 939 g/mol. The van der Waals surface area contributed by atoms with E-state index in [0.29, 0.717) is 0 Å². The first kappa shape index (κ1) is 40.2. The third-order valence-electron chi connectivity index (χ3n) is 15.5. The first-order chi connectivity index (χ1) is 36.1. The molecule has 6 heteroatoms. The Morgan fingerprint density at radius 2 is 0.658 bits per heavy atom. The van der Waals surface area contributed by atoms with Crippen molar-refractivity contribution in [2.75, 3.05) is 9.80 Å². The van der Waals surface area contributed by atoms with Crippen LogP contribution in [0.1, 0.15) is 18.1 Å². The highest BCUT2D eigenvalue weighted by Crippen LogP contribution is 2.53. The molecule has 344 valence electrons. The van der Waals surface area contributed by atoms with Crippen molar-refractivity contribution in [3.05, 3.63) is 217 Å². The minimum Gasteiger partial charge on any atom is -0.454 e. The Morgan fingerprint density at radius 1 is 0.288 bits per heavy atom. The van der Waals surface area contributed by atoms with Gasteiger partial charge in [-0.05, 0) is 94.5 Å². The Bertz CT molecular complexity index is 4950. The van der Waals surface area contributed by atoms with E-state index in [0.717, 1.165) is 155 Å². The van der Waals surface area contributed by atoms with Crippen molar-refractivity contribution < 1.29 is 17.7 Å². The number of benzene rings is 12. The molecule has 0 N–H and O–H groups in total. The summed E-state index contributed by atoms with van der Waals surface area (Å²) in [5.74, 6) is 0. The molecular formula is C67H42N2O4. The van der Waals surface area contributed by atoms with Crippen molar-refractivity contribution in [3.8, 4) is 0 Å². The lowest BCUT2D eigenvalue weighted by Crippen LogP contribution is -2.12. The van der Waals surface area contributed by atoms with Crippen LogP contribution in [0.2, 0.25) is 0 Å². The molecule has 0 radical (unpaired) electrons. The quantitative estimate of drug-likeness (QED) is 0.148. The highest BCUT2D eigenvalue weighted by molar-refractivity contribution is 6.29. The first-order valence-corrected chi connectivity index (χ1v) is 25.0. The highest BCUT2D eigenvalue weighted by atomic mass is 16.3. The van der Waals surface area contributed by atoms with Crippen LogP contribution in [-0.2, 0) is 6.42 Å². The molecule has 0 unspecified atom stereocenters. The SMILES string of the molecule is CCc1cccc2c1oc1c(N(c3ccc4ccc5c(N(c6cccc7c6oc6ccccc67)c6cccc7c6oc6c(C)cccc67)ccc6ccc3c4c65)c3cccc4c3oc3ccccc34)cccc12. The van der Waals surface area contributed by atoms with E-state index >= 15 is 0 Å². The zero-order valence-corrected chi connectivity index (χ0v) is 39.9. The molecule has 0 spiro atoms. The minimum atomic E-state index is 0.808. The van der Waals surface area contributed by atoms with Crippen molar-refractivity contribution in [1.29, 1.82) is 0 Å². The summed E-state index contributed by atoms with van der Waals surface area (Å²) in [7, 11) is 0. The number of rotatable bonds is 7. The lowest BCUT2D eigenvalue weighted by atomic mass is 9.91. The summed E-state index contributed by atoms with van der Waals surface area (Å²) < 4.78 is 27.8. The van der Waals surface area contributed by atoms with E-state index in [1.807, 2.05) is 12.1 Å². The number of para-hydroxylation sites is 8. The summed E-state index contributed by atoms with van der Waals surface area (Å²) in [5, 5.41) is 15.4. The fourth-order valence-electron chi connectivity index (χ4n) is 12.2. The maximum Gasteiger partial charge on any atom is 0.159 e. The number of hydrogen-bond donors (Lipinski definition) is 0. The molecule has 16 rings (SSSR count). The second-order valence-corrected chi connectivity index (χ2v) is 19.4. The Morgan fingerprint density at radius 3 is 1.15 bits per heavy atom. The van der Waals surface area contributed by atoms with Gasteiger partial charge in [-0.2, -0.15) is 0 Å². The van der Waals surface area contributed by atoms with Crippen LogP contribution in [0.25, 0.3) is 120 Å². The molecule has 4 aromatic heterocycles. The molecule has 6 nitrogen and oxygen atoms in total. The topological polar surface area (TPSA) is 59.0 Å². The number of aryl methyl sites for hydroxylation is 2. The van der Waals surface area contributed by atoms with Gasteiger partial charge in [-0.25, -0.2) is 0 Å². The third-order valence-corrected chi connectivity index (χ3v) is 15.5. The van der Waals surface area contributed by atoms with E-state index in [1.165, 1.54) is 16.3 Å². The van der Waals surface area contributed by atoms with Gasteiger partial charge in [-0.15, -0.1) is 0 Å². The van der Waals surface area contributed by atoms with Crippen LogP contribution < -0.4 is 9.80 Å². The average Bonchev–Trinajstić information content (AvgIpc) is 4.24. The van der Waals surface area contributed by atoms with E-state index < -0.39 is 0 Å². The van der Waals surface area contributed by atoms with Gasteiger partial charge in [0, 0.05) is 53.9 Å². The Balaban J connectivity index is 0.997. The Hall–Kier alpha value is -9.52. The van der Waals surface area contributed by atoms with E-state index in [2.05, 4.69) is 218 Å². The maximum atomic E-state index is 7.06. The molecule has 0 atom stereocenters. The van der Waals surface area contributed by atoms with Gasteiger partial charge in [-0.1, -0.05) is 165 Å². The van der Waals surface area contributed by atoms with Gasteiger partial charge in [0.1, 0.15) is 22.3 Å². The molecule has 0 aliphatic rings. The fraction of sp³-hybridized carbons (Fsp3) is 0.0448. The number of furan rings is 4. The lowest BCUT2D eigenvalue weighted by Gasteiger charge is -2.29. The number of nitrogens with zero attached hydrogens (tertiary/aromatic N) is 2. The number of anilines is 6. The van der Waals surface area contributed by atoms with E-state index in [9.17, 15) is 0 Å². The van der Waals surface area contributed by atoms with Crippen molar-refractivity contribution in [3.63, 3.8) is 0 Å². The first-order valence-electron chi connectivity index (χ1n) is 25.0. The summed E-state index contributed by atoms with van der Waals surface area (Å²) >= 11 is 0. The van der Waals surface area contributed by atoms with Crippen molar-refractivity contribution in [2.24, 2.45) is 0 Å². The zero-order chi connectivity index (χ0) is 48.1. The molecule has 4 heterocycles. The molecule has 12 aromatic carbocycles. The minimum absolute atomic E-state index is 0.808. The van der Waals surface area contributed by atoms with Gasteiger partial charge in [-0.3, -0.25) is 0 Å². The van der Waals surface area contributed by atoms with Gasteiger partial charge in [0.2, 0.25) is 0 Å².